The number of rotatable bonds is 6. The average Bonchev–Trinajstić information content (AvgIpc) is 2.30. The molecule has 1 heteroatoms. The van der Waals surface area contributed by atoms with E-state index in [4.69, 9.17) is 0 Å². The molecule has 0 aromatic heterocycles. The lowest BCUT2D eigenvalue weighted by Crippen LogP contribution is -2.35. The summed E-state index contributed by atoms with van der Waals surface area (Å²) in [5.74, 6) is 0. The molecule has 0 heterocycles. The molecule has 1 aromatic rings. The van der Waals surface area contributed by atoms with Gasteiger partial charge in [0.25, 0.3) is 0 Å². The molecule has 1 aromatic carbocycles. The van der Waals surface area contributed by atoms with Crippen molar-refractivity contribution in [1.29, 1.82) is 0 Å². The highest BCUT2D eigenvalue weighted by atomic mass is 14.8. The molecule has 0 unspecified atom stereocenters. The predicted octanol–water partition coefficient (Wildman–Crippen LogP) is 3.13. The van der Waals surface area contributed by atoms with Crippen molar-refractivity contribution in [3.05, 3.63) is 48.6 Å². The normalized spacial score (nSPS) is 14.5. The molecule has 1 N–H and O–H groups in total. The first kappa shape index (κ1) is 12.0. The minimum atomic E-state index is 0.206. The minimum absolute atomic E-state index is 0.206. The van der Waals surface area contributed by atoms with E-state index < -0.39 is 0 Å². The first-order valence-corrected chi connectivity index (χ1v) is 5.60. The van der Waals surface area contributed by atoms with E-state index in [2.05, 4.69) is 49.2 Å². The highest BCUT2D eigenvalue weighted by Gasteiger charge is 2.27. The van der Waals surface area contributed by atoms with Crippen LogP contribution in [0.25, 0.3) is 0 Å². The summed E-state index contributed by atoms with van der Waals surface area (Å²) in [7, 11) is 2.01. The van der Waals surface area contributed by atoms with Crippen molar-refractivity contribution in [2.24, 2.45) is 0 Å². The van der Waals surface area contributed by atoms with Gasteiger partial charge in [-0.1, -0.05) is 43.3 Å². The molecule has 0 aliphatic carbocycles. The van der Waals surface area contributed by atoms with Crippen molar-refractivity contribution in [3.8, 4) is 0 Å². The number of hydrogen-bond acceptors (Lipinski definition) is 1. The molecule has 0 aliphatic heterocycles. The Morgan fingerprint density at radius 3 is 2.47 bits per heavy atom. The standard InChI is InChI=1S/C14H21N/c1-4-11-14(5-2,12-15-3)13-9-7-6-8-10-13/h4,6-10,15H,1,5,11-12H2,2-3H3/t14-/m0/s1. The highest BCUT2D eigenvalue weighted by molar-refractivity contribution is 5.26. The van der Waals surface area contributed by atoms with E-state index in [1.165, 1.54) is 5.56 Å². The fraction of sp³-hybridized carbons (Fsp3) is 0.429. The van der Waals surface area contributed by atoms with Crippen LogP contribution in [-0.2, 0) is 5.41 Å². The summed E-state index contributed by atoms with van der Waals surface area (Å²) < 4.78 is 0. The molecule has 0 bridgehead atoms. The van der Waals surface area contributed by atoms with Gasteiger partial charge < -0.3 is 5.32 Å². The van der Waals surface area contributed by atoms with E-state index >= 15 is 0 Å². The Bertz CT molecular complexity index is 291. The van der Waals surface area contributed by atoms with Crippen molar-refractivity contribution in [1.82, 2.24) is 5.32 Å². The summed E-state index contributed by atoms with van der Waals surface area (Å²) in [5.41, 5.74) is 1.61. The van der Waals surface area contributed by atoms with Crippen LogP contribution >= 0.6 is 0 Å². The van der Waals surface area contributed by atoms with Crippen molar-refractivity contribution in [2.45, 2.75) is 25.2 Å². The summed E-state index contributed by atoms with van der Waals surface area (Å²) >= 11 is 0. The van der Waals surface area contributed by atoms with Crippen LogP contribution in [0.15, 0.2) is 43.0 Å². The van der Waals surface area contributed by atoms with Gasteiger partial charge in [0.05, 0.1) is 0 Å². The molecule has 1 atom stereocenters. The van der Waals surface area contributed by atoms with Gasteiger partial charge in [0.1, 0.15) is 0 Å². The van der Waals surface area contributed by atoms with Crippen LogP contribution in [0, 0.1) is 0 Å². The maximum Gasteiger partial charge on any atom is 0.0109 e. The van der Waals surface area contributed by atoms with Gasteiger partial charge in [0, 0.05) is 12.0 Å². The molecule has 82 valence electrons. The lowest BCUT2D eigenvalue weighted by atomic mass is 9.75. The molecule has 1 rings (SSSR count). The summed E-state index contributed by atoms with van der Waals surface area (Å²) in [5, 5.41) is 3.30. The average molecular weight is 203 g/mol. The van der Waals surface area contributed by atoms with Crippen molar-refractivity contribution >= 4 is 0 Å². The van der Waals surface area contributed by atoms with Crippen LogP contribution in [-0.4, -0.2) is 13.6 Å². The molecule has 0 spiro atoms. The monoisotopic (exact) mass is 203 g/mol. The van der Waals surface area contributed by atoms with Crippen LogP contribution in [0.1, 0.15) is 25.3 Å². The second-order valence-electron chi connectivity index (χ2n) is 4.02. The number of hydrogen-bond donors (Lipinski definition) is 1. The molecule has 15 heavy (non-hydrogen) atoms. The molecule has 0 aliphatic rings. The van der Waals surface area contributed by atoms with Crippen molar-refractivity contribution in [3.63, 3.8) is 0 Å². The first-order valence-electron chi connectivity index (χ1n) is 5.60. The largest absolute Gasteiger partial charge is 0.319 e. The fourth-order valence-electron chi connectivity index (χ4n) is 2.17. The van der Waals surface area contributed by atoms with E-state index in [1.54, 1.807) is 0 Å². The molecular formula is C14H21N. The fourth-order valence-corrected chi connectivity index (χ4v) is 2.17. The van der Waals surface area contributed by atoms with Gasteiger partial charge in [0.15, 0.2) is 0 Å². The van der Waals surface area contributed by atoms with Gasteiger partial charge in [-0.2, -0.15) is 0 Å². The van der Waals surface area contributed by atoms with Gasteiger partial charge in [0.2, 0.25) is 0 Å². The number of likely N-dealkylation sites (N-methyl/N-ethyl adjacent to an activating group) is 1. The highest BCUT2D eigenvalue weighted by Crippen LogP contribution is 2.31. The van der Waals surface area contributed by atoms with E-state index in [9.17, 15) is 0 Å². The topological polar surface area (TPSA) is 12.0 Å². The summed E-state index contributed by atoms with van der Waals surface area (Å²) in [4.78, 5) is 0. The minimum Gasteiger partial charge on any atom is -0.319 e. The Balaban J connectivity index is 3.02. The van der Waals surface area contributed by atoms with Gasteiger partial charge in [-0.05, 0) is 25.5 Å². The molecule has 0 fully saturated rings. The van der Waals surface area contributed by atoms with Gasteiger partial charge >= 0.3 is 0 Å². The second-order valence-corrected chi connectivity index (χ2v) is 4.02. The van der Waals surface area contributed by atoms with Crippen molar-refractivity contribution in [2.75, 3.05) is 13.6 Å². The Morgan fingerprint density at radius 1 is 1.33 bits per heavy atom. The van der Waals surface area contributed by atoms with Crippen LogP contribution in [0.3, 0.4) is 0 Å². The zero-order chi connectivity index (χ0) is 11.1. The van der Waals surface area contributed by atoms with Crippen LogP contribution in [0.4, 0.5) is 0 Å². The van der Waals surface area contributed by atoms with Crippen LogP contribution < -0.4 is 5.32 Å². The molecule has 0 amide bonds. The van der Waals surface area contributed by atoms with Crippen LogP contribution in [0.2, 0.25) is 0 Å². The molecule has 0 radical (unpaired) electrons. The Labute approximate surface area is 93.2 Å². The van der Waals surface area contributed by atoms with E-state index in [0.29, 0.717) is 0 Å². The van der Waals surface area contributed by atoms with Gasteiger partial charge in [-0.15, -0.1) is 6.58 Å². The summed E-state index contributed by atoms with van der Waals surface area (Å²) in [6, 6.07) is 10.7. The van der Waals surface area contributed by atoms with Gasteiger partial charge in [-0.25, -0.2) is 0 Å². The Morgan fingerprint density at radius 2 is 2.00 bits per heavy atom. The Hall–Kier alpha value is -1.08. The molecule has 0 saturated carbocycles. The van der Waals surface area contributed by atoms with Crippen molar-refractivity contribution < 1.29 is 0 Å². The summed E-state index contributed by atoms with van der Waals surface area (Å²) in [6.45, 7) is 7.12. The summed E-state index contributed by atoms with van der Waals surface area (Å²) in [6.07, 6.45) is 4.17. The van der Waals surface area contributed by atoms with Crippen LogP contribution in [0.5, 0.6) is 0 Å². The molecular weight excluding hydrogens is 182 g/mol. The third kappa shape index (κ3) is 2.69. The third-order valence-electron chi connectivity index (χ3n) is 3.11. The molecule has 0 saturated heterocycles. The van der Waals surface area contributed by atoms with E-state index in [0.717, 1.165) is 19.4 Å². The van der Waals surface area contributed by atoms with E-state index in [1.807, 2.05) is 13.1 Å². The van der Waals surface area contributed by atoms with E-state index in [-0.39, 0.29) is 5.41 Å². The number of benzene rings is 1. The maximum absolute atomic E-state index is 3.87. The van der Waals surface area contributed by atoms with Gasteiger partial charge in [-0.3, -0.25) is 0 Å². The molecule has 1 nitrogen and oxygen atoms in total. The lowest BCUT2D eigenvalue weighted by molar-refractivity contribution is 0.398. The predicted molar refractivity (Wildman–Crippen MR) is 67.2 cm³/mol. The first-order chi connectivity index (χ1) is 7.29. The quantitative estimate of drug-likeness (QED) is 0.700. The number of nitrogens with one attached hydrogen (secondary N) is 1. The SMILES string of the molecule is C=CC[C@@](CC)(CNC)c1ccccc1. The Kier molecular flexibility index (Phi) is 4.57. The second kappa shape index (κ2) is 5.72. The third-order valence-corrected chi connectivity index (χ3v) is 3.11. The maximum atomic E-state index is 3.87. The number of allylic oxidation sites excluding steroid dienone is 1. The lowest BCUT2D eigenvalue weighted by Gasteiger charge is -2.32. The zero-order valence-electron chi connectivity index (χ0n) is 9.79. The zero-order valence-corrected chi connectivity index (χ0v) is 9.79. The smallest absolute Gasteiger partial charge is 0.0109 e.